The molecular weight excluding hydrogens is 435 g/mol. The second-order valence-electron chi connectivity index (χ2n) is 8.83. The molecule has 3 rings (SSSR count). The Morgan fingerprint density at radius 3 is 2.29 bits per heavy atom. The zero-order valence-electron chi connectivity index (χ0n) is 20.3. The minimum atomic E-state index is -1.01. The predicted molar refractivity (Wildman–Crippen MR) is 129 cm³/mol. The summed E-state index contributed by atoms with van der Waals surface area (Å²) in [6.45, 7) is 9.09. The SMILES string of the molecule is CCCCN(CCCC)CCCN1C(=O)C(O)=C(C(=O)c2ccc(C)o2)[C@@H]1c1ccccc1F. The number of hydrogen-bond donors (Lipinski definition) is 1. The Kier molecular flexibility index (Phi) is 9.05. The van der Waals surface area contributed by atoms with Crippen LogP contribution in [0.5, 0.6) is 0 Å². The Balaban J connectivity index is 1.85. The van der Waals surface area contributed by atoms with Gasteiger partial charge in [-0.05, 0) is 64.0 Å². The molecule has 0 unspecified atom stereocenters. The van der Waals surface area contributed by atoms with Gasteiger partial charge in [-0.1, -0.05) is 44.9 Å². The first kappa shape index (κ1) is 25.7. The molecule has 1 aromatic heterocycles. The van der Waals surface area contributed by atoms with Gasteiger partial charge < -0.3 is 19.3 Å². The number of benzene rings is 1. The van der Waals surface area contributed by atoms with Crippen LogP contribution in [0.4, 0.5) is 4.39 Å². The van der Waals surface area contributed by atoms with E-state index in [0.717, 1.165) is 45.3 Å². The third kappa shape index (κ3) is 5.76. The summed E-state index contributed by atoms with van der Waals surface area (Å²) in [5.41, 5.74) is 0.0404. The molecule has 0 aliphatic carbocycles. The van der Waals surface area contributed by atoms with Crippen LogP contribution in [0.25, 0.3) is 0 Å². The quantitative estimate of drug-likeness (QED) is 0.386. The Labute approximate surface area is 201 Å². The Morgan fingerprint density at radius 1 is 1.06 bits per heavy atom. The lowest BCUT2D eigenvalue weighted by molar-refractivity contribution is -0.129. The van der Waals surface area contributed by atoms with Crippen molar-refractivity contribution >= 4 is 11.7 Å². The molecule has 1 aromatic carbocycles. The van der Waals surface area contributed by atoms with E-state index in [1.807, 2.05) is 0 Å². The average molecular weight is 471 g/mol. The number of carbonyl (C=O) groups excluding carboxylic acids is 2. The van der Waals surface area contributed by atoms with Crippen molar-refractivity contribution in [3.05, 3.63) is 70.6 Å². The Hall–Kier alpha value is -2.93. The Bertz CT molecular complexity index is 1020. The van der Waals surface area contributed by atoms with E-state index in [1.165, 1.54) is 17.0 Å². The fourth-order valence-electron chi connectivity index (χ4n) is 4.39. The third-order valence-corrected chi connectivity index (χ3v) is 6.24. The van der Waals surface area contributed by atoms with E-state index in [9.17, 15) is 19.1 Å². The normalized spacial score (nSPS) is 16.2. The number of Topliss-reactive ketones (excluding diaryl/α,β-unsaturated/α-hetero) is 1. The second kappa shape index (κ2) is 12.0. The van der Waals surface area contributed by atoms with Crippen molar-refractivity contribution in [3.8, 4) is 0 Å². The van der Waals surface area contributed by atoms with Crippen molar-refractivity contribution in [2.75, 3.05) is 26.2 Å². The molecule has 1 aliphatic rings. The fraction of sp³-hybridized carbons (Fsp3) is 0.481. The number of amides is 1. The maximum atomic E-state index is 14.9. The van der Waals surface area contributed by atoms with E-state index < -0.39 is 29.3 Å². The van der Waals surface area contributed by atoms with Gasteiger partial charge in [0.15, 0.2) is 11.5 Å². The molecule has 0 bridgehead atoms. The summed E-state index contributed by atoms with van der Waals surface area (Å²) in [6, 6.07) is 8.19. The lowest BCUT2D eigenvalue weighted by Gasteiger charge is -2.28. The van der Waals surface area contributed by atoms with Crippen LogP contribution in [0.1, 0.15) is 73.9 Å². The van der Waals surface area contributed by atoms with Gasteiger partial charge in [-0.25, -0.2) is 4.39 Å². The van der Waals surface area contributed by atoms with Gasteiger partial charge in [0.2, 0.25) is 5.78 Å². The molecule has 0 fully saturated rings. The summed E-state index contributed by atoms with van der Waals surface area (Å²) in [4.78, 5) is 30.1. The van der Waals surface area contributed by atoms with Gasteiger partial charge in [0.05, 0.1) is 11.6 Å². The number of carbonyl (C=O) groups is 2. The van der Waals surface area contributed by atoms with Crippen LogP contribution in [-0.4, -0.2) is 52.8 Å². The maximum absolute atomic E-state index is 14.9. The minimum absolute atomic E-state index is 0.0142. The van der Waals surface area contributed by atoms with Crippen molar-refractivity contribution in [2.24, 2.45) is 0 Å². The van der Waals surface area contributed by atoms with E-state index in [2.05, 4.69) is 18.7 Å². The molecule has 6 nitrogen and oxygen atoms in total. The van der Waals surface area contributed by atoms with Crippen LogP contribution in [0.3, 0.4) is 0 Å². The number of unbranched alkanes of at least 4 members (excludes halogenated alkanes) is 2. The lowest BCUT2D eigenvalue weighted by atomic mass is 9.94. The maximum Gasteiger partial charge on any atom is 0.290 e. The number of aliphatic hydroxyl groups excluding tert-OH is 1. The van der Waals surface area contributed by atoms with Crippen LogP contribution in [0.15, 0.2) is 52.1 Å². The van der Waals surface area contributed by atoms with Crippen molar-refractivity contribution in [3.63, 3.8) is 0 Å². The second-order valence-corrected chi connectivity index (χ2v) is 8.83. The lowest BCUT2D eigenvalue weighted by Crippen LogP contribution is -2.35. The molecule has 0 radical (unpaired) electrons. The van der Waals surface area contributed by atoms with Crippen molar-refractivity contribution < 1.29 is 23.5 Å². The average Bonchev–Trinajstić information content (AvgIpc) is 3.37. The van der Waals surface area contributed by atoms with Gasteiger partial charge in [-0.3, -0.25) is 9.59 Å². The van der Waals surface area contributed by atoms with Crippen molar-refractivity contribution in [1.82, 2.24) is 9.80 Å². The number of halogens is 1. The topological polar surface area (TPSA) is 74.0 Å². The van der Waals surface area contributed by atoms with Crippen molar-refractivity contribution in [2.45, 2.75) is 58.9 Å². The fourth-order valence-corrected chi connectivity index (χ4v) is 4.39. The van der Waals surface area contributed by atoms with Gasteiger partial charge in [0.25, 0.3) is 5.91 Å². The number of furan rings is 1. The molecule has 2 heterocycles. The van der Waals surface area contributed by atoms with E-state index in [-0.39, 0.29) is 16.9 Å². The highest BCUT2D eigenvalue weighted by molar-refractivity contribution is 6.15. The standard InChI is InChI=1S/C27H35FN2O4/c1-4-6-15-29(16-7-5-2)17-10-18-30-24(20-11-8-9-12-21(20)28)23(26(32)27(30)33)25(31)22-14-13-19(3)34-22/h8-9,11-14,24,32H,4-7,10,15-18H2,1-3H3/t24-/m0/s1. The summed E-state index contributed by atoms with van der Waals surface area (Å²) in [5.74, 6) is -1.89. The van der Waals surface area contributed by atoms with E-state index in [4.69, 9.17) is 4.42 Å². The summed E-state index contributed by atoms with van der Waals surface area (Å²) in [5, 5.41) is 10.7. The van der Waals surface area contributed by atoms with E-state index in [1.54, 1.807) is 31.2 Å². The molecule has 184 valence electrons. The van der Waals surface area contributed by atoms with E-state index >= 15 is 0 Å². The predicted octanol–water partition coefficient (Wildman–Crippen LogP) is 5.60. The molecule has 0 saturated carbocycles. The molecule has 2 aromatic rings. The first-order valence-corrected chi connectivity index (χ1v) is 12.2. The first-order valence-electron chi connectivity index (χ1n) is 12.2. The van der Waals surface area contributed by atoms with Crippen LogP contribution < -0.4 is 0 Å². The molecule has 7 heteroatoms. The molecular formula is C27H35FN2O4. The first-order chi connectivity index (χ1) is 16.4. The largest absolute Gasteiger partial charge is 0.503 e. The van der Waals surface area contributed by atoms with Gasteiger partial charge in [0, 0.05) is 12.1 Å². The van der Waals surface area contributed by atoms with Crippen LogP contribution in [0, 0.1) is 12.7 Å². The highest BCUT2D eigenvalue weighted by atomic mass is 19.1. The number of rotatable bonds is 13. The van der Waals surface area contributed by atoms with Gasteiger partial charge in [0.1, 0.15) is 11.6 Å². The summed E-state index contributed by atoms with van der Waals surface area (Å²) in [6.07, 6.45) is 5.08. The van der Waals surface area contributed by atoms with Crippen LogP contribution in [-0.2, 0) is 4.79 Å². The van der Waals surface area contributed by atoms with Gasteiger partial charge in [-0.15, -0.1) is 0 Å². The highest BCUT2D eigenvalue weighted by Gasteiger charge is 2.45. The number of aryl methyl sites for hydroxylation is 1. The molecule has 0 spiro atoms. The Morgan fingerprint density at radius 2 is 1.71 bits per heavy atom. The molecule has 34 heavy (non-hydrogen) atoms. The molecule has 1 N–H and O–H groups in total. The molecule has 1 aliphatic heterocycles. The van der Waals surface area contributed by atoms with Crippen LogP contribution >= 0.6 is 0 Å². The van der Waals surface area contributed by atoms with Gasteiger partial charge >= 0.3 is 0 Å². The van der Waals surface area contributed by atoms with Gasteiger partial charge in [-0.2, -0.15) is 0 Å². The minimum Gasteiger partial charge on any atom is -0.503 e. The number of hydrogen-bond acceptors (Lipinski definition) is 5. The third-order valence-electron chi connectivity index (χ3n) is 6.24. The smallest absolute Gasteiger partial charge is 0.290 e. The molecule has 1 atom stereocenters. The zero-order chi connectivity index (χ0) is 24.7. The summed E-state index contributed by atoms with van der Waals surface area (Å²) >= 11 is 0. The number of ketones is 1. The van der Waals surface area contributed by atoms with Crippen molar-refractivity contribution in [1.29, 1.82) is 0 Å². The van der Waals surface area contributed by atoms with Crippen LogP contribution in [0.2, 0.25) is 0 Å². The zero-order valence-corrected chi connectivity index (χ0v) is 20.3. The molecule has 0 saturated heterocycles. The summed E-state index contributed by atoms with van der Waals surface area (Å²) in [7, 11) is 0. The number of nitrogens with zero attached hydrogens (tertiary/aromatic N) is 2. The molecule has 1 amide bonds. The summed E-state index contributed by atoms with van der Waals surface area (Å²) < 4.78 is 20.3. The monoisotopic (exact) mass is 470 g/mol. The van der Waals surface area contributed by atoms with E-state index in [0.29, 0.717) is 18.7 Å². The number of aliphatic hydroxyl groups is 1. The highest BCUT2D eigenvalue weighted by Crippen LogP contribution is 2.40.